The fourth-order valence-electron chi connectivity index (χ4n) is 2.00. The Labute approximate surface area is 73.6 Å². The summed E-state index contributed by atoms with van der Waals surface area (Å²) < 4.78 is 0. The van der Waals surface area contributed by atoms with Gasteiger partial charge in [0.15, 0.2) is 0 Å². The van der Waals surface area contributed by atoms with Crippen LogP contribution in [0.5, 0.6) is 0 Å². The zero-order chi connectivity index (χ0) is 8.55. The van der Waals surface area contributed by atoms with Crippen molar-refractivity contribution in [2.45, 2.75) is 19.8 Å². The van der Waals surface area contributed by atoms with Gasteiger partial charge in [0.1, 0.15) is 0 Å². The van der Waals surface area contributed by atoms with Crippen LogP contribution in [0.1, 0.15) is 16.7 Å². The summed E-state index contributed by atoms with van der Waals surface area (Å²) in [7, 11) is 0. The van der Waals surface area contributed by atoms with E-state index in [9.17, 15) is 0 Å². The zero-order valence-corrected chi connectivity index (χ0v) is 7.51. The molecular formula is C11H15N. The summed E-state index contributed by atoms with van der Waals surface area (Å²) in [6.45, 7) is 2.98. The number of hydrogen-bond acceptors (Lipinski definition) is 1. The standard InChI is InChI=1S/C11H15N/c1-8-2-3-10-5-9(7-12)6-11(10)4-8/h2-4,9H,5-7,12H2,1H3. The van der Waals surface area contributed by atoms with Crippen LogP contribution >= 0.6 is 0 Å². The molecule has 0 radical (unpaired) electrons. The van der Waals surface area contributed by atoms with Crippen LogP contribution in [0.15, 0.2) is 18.2 Å². The van der Waals surface area contributed by atoms with E-state index in [0.717, 1.165) is 6.54 Å². The molecule has 0 amide bonds. The predicted octanol–water partition coefficient (Wildman–Crippen LogP) is 1.67. The van der Waals surface area contributed by atoms with E-state index in [1.807, 2.05) is 0 Å². The third kappa shape index (κ3) is 1.25. The van der Waals surface area contributed by atoms with Gasteiger partial charge < -0.3 is 5.73 Å². The van der Waals surface area contributed by atoms with Crippen LogP contribution in [-0.2, 0) is 12.8 Å². The highest BCUT2D eigenvalue weighted by Crippen LogP contribution is 2.26. The molecule has 64 valence electrons. The Hall–Kier alpha value is -0.820. The van der Waals surface area contributed by atoms with Gasteiger partial charge in [-0.1, -0.05) is 23.8 Å². The van der Waals surface area contributed by atoms with Crippen LogP contribution in [0.2, 0.25) is 0 Å². The van der Waals surface area contributed by atoms with E-state index in [2.05, 4.69) is 25.1 Å². The molecule has 0 saturated heterocycles. The lowest BCUT2D eigenvalue weighted by Gasteiger charge is -2.01. The third-order valence-corrected chi connectivity index (χ3v) is 2.71. The molecule has 12 heavy (non-hydrogen) atoms. The first-order chi connectivity index (χ1) is 5.79. The molecule has 1 heteroatoms. The molecule has 1 aromatic carbocycles. The summed E-state index contributed by atoms with van der Waals surface area (Å²) in [4.78, 5) is 0. The van der Waals surface area contributed by atoms with Crippen molar-refractivity contribution in [1.29, 1.82) is 0 Å². The van der Waals surface area contributed by atoms with Crippen LogP contribution in [0.4, 0.5) is 0 Å². The van der Waals surface area contributed by atoms with Crippen LogP contribution in [-0.4, -0.2) is 6.54 Å². The number of fused-ring (bicyclic) bond motifs is 1. The molecule has 1 atom stereocenters. The van der Waals surface area contributed by atoms with Gasteiger partial charge >= 0.3 is 0 Å². The van der Waals surface area contributed by atoms with Crippen LogP contribution in [0.25, 0.3) is 0 Å². The Morgan fingerprint density at radius 3 is 2.83 bits per heavy atom. The fourth-order valence-corrected chi connectivity index (χ4v) is 2.00. The van der Waals surface area contributed by atoms with Gasteiger partial charge in [0.2, 0.25) is 0 Å². The fraction of sp³-hybridized carbons (Fsp3) is 0.455. The highest BCUT2D eigenvalue weighted by molar-refractivity contribution is 5.35. The molecule has 1 nitrogen and oxygen atoms in total. The Bertz CT molecular complexity index is 291. The monoisotopic (exact) mass is 161 g/mol. The quantitative estimate of drug-likeness (QED) is 0.666. The van der Waals surface area contributed by atoms with Gasteiger partial charge in [-0.05, 0) is 43.4 Å². The molecule has 1 aromatic rings. The maximum atomic E-state index is 5.65. The molecule has 0 heterocycles. The summed E-state index contributed by atoms with van der Waals surface area (Å²) in [6, 6.07) is 6.74. The maximum Gasteiger partial charge on any atom is -0.00425 e. The van der Waals surface area contributed by atoms with Crippen molar-refractivity contribution >= 4 is 0 Å². The number of hydrogen-bond donors (Lipinski definition) is 1. The number of aryl methyl sites for hydroxylation is 1. The van der Waals surface area contributed by atoms with Gasteiger partial charge in [0.05, 0.1) is 0 Å². The van der Waals surface area contributed by atoms with Crippen molar-refractivity contribution in [3.63, 3.8) is 0 Å². The first-order valence-corrected chi connectivity index (χ1v) is 4.58. The first kappa shape index (κ1) is 7.81. The summed E-state index contributed by atoms with van der Waals surface area (Å²) in [5.41, 5.74) is 10.0. The molecule has 0 aliphatic heterocycles. The molecule has 0 aromatic heterocycles. The molecule has 0 spiro atoms. The second-order valence-electron chi connectivity index (χ2n) is 3.78. The van der Waals surface area contributed by atoms with Gasteiger partial charge in [0.25, 0.3) is 0 Å². The van der Waals surface area contributed by atoms with Gasteiger partial charge in [-0.25, -0.2) is 0 Å². The SMILES string of the molecule is Cc1ccc2c(c1)CC(CN)C2. The van der Waals surface area contributed by atoms with E-state index in [-0.39, 0.29) is 0 Å². The van der Waals surface area contributed by atoms with Gasteiger partial charge in [0, 0.05) is 0 Å². The maximum absolute atomic E-state index is 5.65. The Balaban J connectivity index is 2.30. The van der Waals surface area contributed by atoms with E-state index in [1.54, 1.807) is 0 Å². The summed E-state index contributed by atoms with van der Waals surface area (Å²) >= 11 is 0. The van der Waals surface area contributed by atoms with Crippen molar-refractivity contribution < 1.29 is 0 Å². The summed E-state index contributed by atoms with van der Waals surface area (Å²) in [5.74, 6) is 0.696. The first-order valence-electron chi connectivity index (χ1n) is 4.58. The Kier molecular flexibility index (Phi) is 1.89. The van der Waals surface area contributed by atoms with Crippen molar-refractivity contribution in [3.05, 3.63) is 34.9 Å². The Morgan fingerprint density at radius 2 is 2.08 bits per heavy atom. The molecule has 0 fully saturated rings. The Morgan fingerprint density at radius 1 is 1.33 bits per heavy atom. The number of nitrogens with two attached hydrogens (primary N) is 1. The minimum atomic E-state index is 0.696. The second kappa shape index (κ2) is 2.91. The van der Waals surface area contributed by atoms with Gasteiger partial charge in [-0.3, -0.25) is 0 Å². The summed E-state index contributed by atoms with van der Waals surface area (Å²) in [6.07, 6.45) is 2.37. The average Bonchev–Trinajstić information content (AvgIpc) is 2.46. The van der Waals surface area contributed by atoms with E-state index in [0.29, 0.717) is 5.92 Å². The van der Waals surface area contributed by atoms with Crippen LogP contribution in [0.3, 0.4) is 0 Å². The smallest absolute Gasteiger partial charge is 0.00425 e. The predicted molar refractivity (Wildman–Crippen MR) is 51.1 cm³/mol. The lowest BCUT2D eigenvalue weighted by Crippen LogP contribution is -2.13. The van der Waals surface area contributed by atoms with E-state index in [1.165, 1.54) is 29.5 Å². The second-order valence-corrected chi connectivity index (χ2v) is 3.78. The normalized spacial score (nSPS) is 21.0. The highest BCUT2D eigenvalue weighted by Gasteiger charge is 2.19. The lowest BCUT2D eigenvalue weighted by atomic mass is 10.1. The largest absolute Gasteiger partial charge is 0.330 e. The van der Waals surface area contributed by atoms with Crippen LogP contribution < -0.4 is 5.73 Å². The van der Waals surface area contributed by atoms with Gasteiger partial charge in [-0.15, -0.1) is 0 Å². The highest BCUT2D eigenvalue weighted by atomic mass is 14.6. The van der Waals surface area contributed by atoms with Crippen molar-refractivity contribution in [1.82, 2.24) is 0 Å². The topological polar surface area (TPSA) is 26.0 Å². The van der Waals surface area contributed by atoms with E-state index >= 15 is 0 Å². The molecule has 1 aliphatic carbocycles. The van der Waals surface area contributed by atoms with E-state index in [4.69, 9.17) is 5.73 Å². The molecule has 1 aliphatic rings. The minimum Gasteiger partial charge on any atom is -0.330 e. The van der Waals surface area contributed by atoms with Crippen LogP contribution in [0, 0.1) is 12.8 Å². The molecule has 0 saturated carbocycles. The lowest BCUT2D eigenvalue weighted by molar-refractivity contribution is 0.575. The third-order valence-electron chi connectivity index (χ3n) is 2.71. The molecule has 2 N–H and O–H groups in total. The average molecular weight is 161 g/mol. The van der Waals surface area contributed by atoms with Crippen molar-refractivity contribution in [2.24, 2.45) is 11.7 Å². The molecular weight excluding hydrogens is 146 g/mol. The van der Waals surface area contributed by atoms with Crippen molar-refractivity contribution in [3.8, 4) is 0 Å². The molecule has 2 rings (SSSR count). The molecule has 1 unspecified atom stereocenters. The van der Waals surface area contributed by atoms with E-state index < -0.39 is 0 Å². The number of rotatable bonds is 1. The van der Waals surface area contributed by atoms with Crippen molar-refractivity contribution in [2.75, 3.05) is 6.54 Å². The molecule has 0 bridgehead atoms. The number of benzene rings is 1. The minimum absolute atomic E-state index is 0.696. The van der Waals surface area contributed by atoms with Gasteiger partial charge in [-0.2, -0.15) is 0 Å². The summed E-state index contributed by atoms with van der Waals surface area (Å²) in [5, 5.41) is 0. The zero-order valence-electron chi connectivity index (χ0n) is 7.51.